The second-order valence-electron chi connectivity index (χ2n) is 8.78. The van der Waals surface area contributed by atoms with Crippen molar-refractivity contribution in [2.75, 3.05) is 19.5 Å². The maximum absolute atomic E-state index is 12.9. The number of carbonyl (C=O) groups is 2. The predicted molar refractivity (Wildman–Crippen MR) is 118 cm³/mol. The third-order valence-electron chi connectivity index (χ3n) is 6.43. The molecule has 3 heterocycles. The van der Waals surface area contributed by atoms with E-state index in [0.717, 1.165) is 29.8 Å². The van der Waals surface area contributed by atoms with Crippen molar-refractivity contribution in [2.24, 2.45) is 18.9 Å². The van der Waals surface area contributed by atoms with E-state index in [0.29, 0.717) is 12.2 Å². The molecule has 3 aliphatic rings. The molecule has 32 heavy (non-hydrogen) atoms. The summed E-state index contributed by atoms with van der Waals surface area (Å²) in [6, 6.07) is 7.58. The molecule has 4 atom stereocenters. The monoisotopic (exact) mass is 439 g/mol. The first kappa shape index (κ1) is 20.8. The summed E-state index contributed by atoms with van der Waals surface area (Å²) >= 11 is 0. The number of carbonyl (C=O) groups excluding carboxylic acids is 2. The van der Waals surface area contributed by atoms with Gasteiger partial charge in [0.2, 0.25) is 11.8 Å². The second kappa shape index (κ2) is 8.10. The topological polar surface area (TPSA) is 113 Å². The van der Waals surface area contributed by atoms with Gasteiger partial charge in [-0.3, -0.25) is 24.6 Å². The van der Waals surface area contributed by atoms with Gasteiger partial charge in [0, 0.05) is 44.2 Å². The lowest BCUT2D eigenvalue weighted by atomic mass is 9.88. The summed E-state index contributed by atoms with van der Waals surface area (Å²) in [5.74, 6) is 0.555. The van der Waals surface area contributed by atoms with Gasteiger partial charge in [-0.15, -0.1) is 0 Å². The van der Waals surface area contributed by atoms with Crippen LogP contribution in [-0.4, -0.2) is 59.1 Å². The molecule has 1 saturated carbocycles. The van der Waals surface area contributed by atoms with Gasteiger partial charge in [-0.25, -0.2) is 5.43 Å². The third kappa shape index (κ3) is 3.80. The fourth-order valence-corrected chi connectivity index (χ4v) is 4.66. The van der Waals surface area contributed by atoms with Gasteiger partial charge in [0.15, 0.2) is 5.75 Å². The van der Waals surface area contributed by atoms with Crippen LogP contribution in [0.25, 0.3) is 11.3 Å². The molecule has 3 fully saturated rings. The summed E-state index contributed by atoms with van der Waals surface area (Å²) in [5, 5.41) is 16.1. The number of methoxy groups -OCH3 is 1. The van der Waals surface area contributed by atoms with E-state index in [4.69, 9.17) is 4.74 Å². The molecule has 4 unspecified atom stereocenters. The van der Waals surface area contributed by atoms with E-state index in [1.165, 1.54) is 5.01 Å². The highest BCUT2D eigenvalue weighted by molar-refractivity contribution is 5.84. The van der Waals surface area contributed by atoms with Gasteiger partial charge in [0.1, 0.15) is 0 Å². The number of hydrazine groups is 1. The molecule has 1 aromatic carbocycles. The standard InChI is InChI=1S/C22H29N7O3/c1-28-10-9-14(26-28)13-5-4-6-15(19(13)32-3)23-16-11-17(25-21(30)12-7-8-12)24-20-18(16)22(31)29(2)27-20/h4-6,9-10,12,16-18,20,23-24,27H,7-8,11H2,1-3H3,(H,25,30). The van der Waals surface area contributed by atoms with Gasteiger partial charge < -0.3 is 15.4 Å². The zero-order valence-corrected chi connectivity index (χ0v) is 18.5. The minimum Gasteiger partial charge on any atom is -0.494 e. The van der Waals surface area contributed by atoms with Crippen molar-refractivity contribution < 1.29 is 14.3 Å². The van der Waals surface area contributed by atoms with Crippen molar-refractivity contribution in [1.29, 1.82) is 0 Å². The number of nitrogens with one attached hydrogen (secondary N) is 4. The highest BCUT2D eigenvalue weighted by atomic mass is 16.5. The molecule has 2 saturated heterocycles. The Morgan fingerprint density at radius 2 is 2.06 bits per heavy atom. The molecule has 2 amide bonds. The molecular weight excluding hydrogens is 410 g/mol. The molecule has 1 aromatic heterocycles. The van der Waals surface area contributed by atoms with E-state index >= 15 is 0 Å². The number of para-hydroxylation sites is 1. The summed E-state index contributed by atoms with van der Waals surface area (Å²) in [6.45, 7) is 0. The summed E-state index contributed by atoms with van der Waals surface area (Å²) in [6.07, 6.45) is 3.84. The summed E-state index contributed by atoms with van der Waals surface area (Å²) < 4.78 is 7.51. The molecule has 10 heteroatoms. The first-order chi connectivity index (χ1) is 15.4. The maximum Gasteiger partial charge on any atom is 0.244 e. The van der Waals surface area contributed by atoms with Gasteiger partial charge in [-0.2, -0.15) is 5.10 Å². The zero-order chi connectivity index (χ0) is 22.4. The molecule has 2 aliphatic heterocycles. The van der Waals surface area contributed by atoms with E-state index in [-0.39, 0.29) is 42.0 Å². The Bertz CT molecular complexity index is 1030. The van der Waals surface area contributed by atoms with Crippen LogP contribution in [0, 0.1) is 11.8 Å². The first-order valence-corrected chi connectivity index (χ1v) is 11.0. The number of benzene rings is 1. The molecule has 5 rings (SSSR count). The van der Waals surface area contributed by atoms with Crippen LogP contribution in [-0.2, 0) is 16.6 Å². The second-order valence-corrected chi connectivity index (χ2v) is 8.78. The number of hydrogen-bond donors (Lipinski definition) is 4. The normalized spacial score (nSPS) is 27.2. The molecule has 2 aromatic rings. The minimum atomic E-state index is -0.322. The third-order valence-corrected chi connectivity index (χ3v) is 6.43. The van der Waals surface area contributed by atoms with Crippen LogP contribution in [0.4, 0.5) is 5.69 Å². The lowest BCUT2D eigenvalue weighted by molar-refractivity contribution is -0.131. The maximum atomic E-state index is 12.9. The fraction of sp³-hybridized carbons (Fsp3) is 0.500. The zero-order valence-electron chi connectivity index (χ0n) is 18.5. The van der Waals surface area contributed by atoms with Gasteiger partial charge in [-0.1, -0.05) is 6.07 Å². The van der Waals surface area contributed by atoms with E-state index in [2.05, 4.69) is 26.5 Å². The summed E-state index contributed by atoms with van der Waals surface area (Å²) in [5.41, 5.74) is 5.64. The lowest BCUT2D eigenvalue weighted by Crippen LogP contribution is -2.63. The van der Waals surface area contributed by atoms with E-state index < -0.39 is 0 Å². The smallest absolute Gasteiger partial charge is 0.244 e. The number of aryl methyl sites for hydroxylation is 1. The Morgan fingerprint density at radius 1 is 1.25 bits per heavy atom. The Labute approximate surface area is 186 Å². The van der Waals surface area contributed by atoms with E-state index in [1.54, 1.807) is 18.8 Å². The first-order valence-electron chi connectivity index (χ1n) is 11.0. The molecule has 0 radical (unpaired) electrons. The summed E-state index contributed by atoms with van der Waals surface area (Å²) in [7, 11) is 5.23. The molecule has 10 nitrogen and oxygen atoms in total. The van der Waals surface area contributed by atoms with Gasteiger partial charge in [-0.05, 0) is 31.0 Å². The van der Waals surface area contributed by atoms with Crippen molar-refractivity contribution in [2.45, 2.75) is 37.6 Å². The van der Waals surface area contributed by atoms with Gasteiger partial charge >= 0.3 is 0 Å². The average molecular weight is 440 g/mol. The Hall–Kier alpha value is -3.11. The fourth-order valence-electron chi connectivity index (χ4n) is 4.66. The Kier molecular flexibility index (Phi) is 5.26. The molecule has 170 valence electrons. The number of fused-ring (bicyclic) bond motifs is 1. The van der Waals surface area contributed by atoms with Gasteiger partial charge in [0.05, 0.1) is 36.7 Å². The van der Waals surface area contributed by atoms with Crippen LogP contribution in [0.3, 0.4) is 0 Å². The average Bonchev–Trinajstić information content (AvgIpc) is 3.47. The Balaban J connectivity index is 1.43. The van der Waals surface area contributed by atoms with Crippen LogP contribution >= 0.6 is 0 Å². The molecular formula is C22H29N7O3. The van der Waals surface area contributed by atoms with E-state index in [1.807, 2.05) is 37.5 Å². The number of amides is 2. The highest BCUT2D eigenvalue weighted by Gasteiger charge is 2.49. The highest BCUT2D eigenvalue weighted by Crippen LogP contribution is 2.38. The van der Waals surface area contributed by atoms with Crippen LogP contribution in [0.1, 0.15) is 19.3 Å². The van der Waals surface area contributed by atoms with Crippen LogP contribution in [0.2, 0.25) is 0 Å². The number of anilines is 1. The number of piperidine rings is 1. The van der Waals surface area contributed by atoms with Crippen molar-refractivity contribution in [3.8, 4) is 17.0 Å². The number of rotatable bonds is 6. The van der Waals surface area contributed by atoms with Crippen LogP contribution < -0.4 is 26.1 Å². The number of ether oxygens (including phenoxy) is 1. The molecule has 0 bridgehead atoms. The largest absolute Gasteiger partial charge is 0.494 e. The van der Waals surface area contributed by atoms with Crippen molar-refractivity contribution in [1.82, 2.24) is 30.8 Å². The predicted octanol–water partition coefficient (Wildman–Crippen LogP) is 0.641. The van der Waals surface area contributed by atoms with Crippen LogP contribution in [0.15, 0.2) is 30.5 Å². The Morgan fingerprint density at radius 3 is 2.75 bits per heavy atom. The summed E-state index contributed by atoms with van der Waals surface area (Å²) in [4.78, 5) is 25.3. The van der Waals surface area contributed by atoms with Gasteiger partial charge in [0.25, 0.3) is 0 Å². The molecule has 4 N–H and O–H groups in total. The molecule has 1 aliphatic carbocycles. The van der Waals surface area contributed by atoms with E-state index in [9.17, 15) is 9.59 Å². The SMILES string of the molecule is COc1c(NC2CC(NC(=O)C3CC3)NC3NN(C)C(=O)C23)cccc1-c1ccn(C)n1. The van der Waals surface area contributed by atoms with Crippen molar-refractivity contribution in [3.63, 3.8) is 0 Å². The number of aromatic nitrogens is 2. The van der Waals surface area contributed by atoms with Crippen LogP contribution in [0.5, 0.6) is 5.75 Å². The lowest BCUT2D eigenvalue weighted by Gasteiger charge is -2.38. The number of nitrogens with zero attached hydrogens (tertiary/aromatic N) is 3. The minimum absolute atomic E-state index is 0.00631. The van der Waals surface area contributed by atoms with Crippen molar-refractivity contribution >= 4 is 17.5 Å². The van der Waals surface area contributed by atoms with Crippen molar-refractivity contribution in [3.05, 3.63) is 30.5 Å². The molecule has 0 spiro atoms. The number of hydrogen-bond acceptors (Lipinski definition) is 7. The quantitative estimate of drug-likeness (QED) is 0.523.